The average Bonchev–Trinajstić information content (AvgIpc) is 3.31. The summed E-state index contributed by atoms with van der Waals surface area (Å²) in [7, 11) is 0. The van der Waals surface area contributed by atoms with Gasteiger partial charge in [-0.1, -0.05) is 98.3 Å². The molecular weight excluding hydrogens is 574 g/mol. The fourth-order valence-electron chi connectivity index (χ4n) is 7.73. The van der Waals surface area contributed by atoms with E-state index in [1.165, 1.54) is 33.2 Å². The largest absolute Gasteiger partial charge is 0.310 e. The van der Waals surface area contributed by atoms with Gasteiger partial charge >= 0.3 is 0 Å². The Morgan fingerprint density at radius 1 is 0.574 bits per heavy atom. The molecule has 3 nitrogen and oxygen atoms in total. The summed E-state index contributed by atoms with van der Waals surface area (Å²) in [6.45, 7) is 6.75. The maximum absolute atomic E-state index is 13.5. The van der Waals surface area contributed by atoms with Crippen molar-refractivity contribution >= 4 is 67.0 Å². The van der Waals surface area contributed by atoms with Crippen molar-refractivity contribution in [1.82, 2.24) is 0 Å². The molecule has 0 aromatic heterocycles. The fourth-order valence-corrected chi connectivity index (χ4v) is 7.73. The van der Waals surface area contributed by atoms with Crippen LogP contribution in [0.1, 0.15) is 56.8 Å². The highest BCUT2D eigenvalue weighted by Gasteiger charge is 2.39. The molecule has 2 aliphatic rings. The van der Waals surface area contributed by atoms with Crippen LogP contribution in [0.3, 0.4) is 0 Å². The van der Waals surface area contributed by atoms with E-state index in [-0.39, 0.29) is 22.6 Å². The van der Waals surface area contributed by atoms with Crippen molar-refractivity contribution in [2.24, 2.45) is 0 Å². The first-order chi connectivity index (χ1) is 22.8. The maximum Gasteiger partial charge on any atom is 0.197 e. The van der Waals surface area contributed by atoms with E-state index in [4.69, 9.17) is 0 Å². The topological polar surface area (TPSA) is 37.4 Å². The number of ketones is 2. The van der Waals surface area contributed by atoms with Crippen LogP contribution >= 0.6 is 0 Å². The third-order valence-corrected chi connectivity index (χ3v) is 10.1. The maximum atomic E-state index is 13.5. The van der Waals surface area contributed by atoms with Crippen molar-refractivity contribution in [3.05, 3.63) is 166 Å². The second kappa shape index (κ2) is 9.85. The molecule has 7 aromatic carbocycles. The summed E-state index contributed by atoms with van der Waals surface area (Å²) in [5.74, 6) is -0.417. The van der Waals surface area contributed by atoms with E-state index in [2.05, 4.69) is 111 Å². The normalized spacial score (nSPS) is 14.9. The summed E-state index contributed by atoms with van der Waals surface area (Å²) in [6.07, 6.45) is 1.76. The first kappa shape index (κ1) is 27.5. The molecule has 1 aliphatic heterocycles. The van der Waals surface area contributed by atoms with E-state index in [1.54, 1.807) is 6.08 Å². The fraction of sp³-hybridized carbons (Fsp3) is 0.0909. The lowest BCUT2D eigenvalue weighted by Gasteiger charge is -2.43. The Bertz CT molecular complexity index is 2480. The number of carbonyl (C=O) groups is 2. The molecule has 0 saturated carbocycles. The van der Waals surface area contributed by atoms with Crippen LogP contribution in [0, 0.1) is 6.92 Å². The number of allylic oxidation sites excluding steroid dienone is 1. The molecule has 0 radical (unpaired) electrons. The van der Waals surface area contributed by atoms with Crippen LogP contribution in [0.5, 0.6) is 0 Å². The van der Waals surface area contributed by atoms with Gasteiger partial charge in [-0.3, -0.25) is 9.59 Å². The summed E-state index contributed by atoms with van der Waals surface area (Å²) >= 11 is 0. The van der Waals surface area contributed by atoms with Gasteiger partial charge in [0.1, 0.15) is 0 Å². The van der Waals surface area contributed by atoms with Crippen molar-refractivity contribution < 1.29 is 9.59 Å². The van der Waals surface area contributed by atoms with E-state index < -0.39 is 0 Å². The van der Waals surface area contributed by atoms with Gasteiger partial charge in [-0.25, -0.2) is 0 Å². The summed E-state index contributed by atoms with van der Waals surface area (Å²) < 4.78 is 0. The number of fused-ring (bicyclic) bond motifs is 7. The van der Waals surface area contributed by atoms with Gasteiger partial charge < -0.3 is 4.90 Å². The number of anilines is 3. The molecule has 0 saturated heterocycles. The van der Waals surface area contributed by atoms with E-state index in [0.717, 1.165) is 38.5 Å². The number of Topliss-reactive ketones (excluding diaryl/α,β-unsaturated/α-hetero) is 2. The zero-order valence-electron chi connectivity index (χ0n) is 26.5. The van der Waals surface area contributed by atoms with Crippen LogP contribution < -0.4 is 4.90 Å². The monoisotopic (exact) mass is 605 g/mol. The lowest BCUT2D eigenvalue weighted by atomic mass is 9.71. The Labute approximate surface area is 273 Å². The van der Waals surface area contributed by atoms with E-state index >= 15 is 0 Å². The second-order valence-corrected chi connectivity index (χ2v) is 13.4. The van der Waals surface area contributed by atoms with Crippen molar-refractivity contribution in [3.8, 4) is 0 Å². The van der Waals surface area contributed by atoms with Crippen LogP contribution in [0.25, 0.3) is 38.4 Å². The van der Waals surface area contributed by atoms with E-state index in [0.29, 0.717) is 11.1 Å². The first-order valence-corrected chi connectivity index (χ1v) is 16.1. The highest BCUT2D eigenvalue weighted by atomic mass is 16.2. The minimum Gasteiger partial charge on any atom is -0.310 e. The summed E-state index contributed by atoms with van der Waals surface area (Å²) in [4.78, 5) is 29.4. The number of benzene rings is 7. The molecule has 0 spiro atoms. The Kier molecular flexibility index (Phi) is 5.76. The number of aryl methyl sites for hydroxylation is 1. The van der Waals surface area contributed by atoms with Gasteiger partial charge in [-0.2, -0.15) is 0 Å². The van der Waals surface area contributed by atoms with Gasteiger partial charge in [0, 0.05) is 22.2 Å². The van der Waals surface area contributed by atoms with Crippen molar-refractivity contribution in [3.63, 3.8) is 0 Å². The smallest absolute Gasteiger partial charge is 0.197 e. The third-order valence-electron chi connectivity index (χ3n) is 10.1. The molecule has 7 aromatic rings. The molecule has 1 heterocycles. The van der Waals surface area contributed by atoms with E-state index in [9.17, 15) is 9.59 Å². The summed E-state index contributed by atoms with van der Waals surface area (Å²) in [6, 6.07) is 44.2. The molecule has 0 fully saturated rings. The van der Waals surface area contributed by atoms with Crippen LogP contribution in [-0.2, 0) is 5.41 Å². The molecule has 0 bridgehead atoms. The highest BCUT2D eigenvalue weighted by molar-refractivity contribution is 6.42. The molecular formula is C44H31NO2. The Balaban J connectivity index is 1.21. The molecule has 0 N–H and O–H groups in total. The lowest BCUT2D eigenvalue weighted by Crippen LogP contribution is -2.31. The number of nitrogens with zero attached hydrogens (tertiary/aromatic N) is 1. The zero-order valence-corrected chi connectivity index (χ0v) is 26.5. The highest BCUT2D eigenvalue weighted by Crippen LogP contribution is 2.54. The van der Waals surface area contributed by atoms with Gasteiger partial charge in [-0.15, -0.1) is 0 Å². The SMILES string of the molecule is Cc1ccc(N2c3cc4ccccc4cc3C(C)(C)c3c2ccc2cc(C=C4C(=O)c5cc6ccccc6cc5C4=O)ccc32)cc1. The standard InChI is InChI=1S/C44H31NO2/c1-26-12-16-33(17-13-26)45-39-19-15-32-20-27(21-37-42(46)35-22-28-8-4-5-9-29(28)23-36(35)43(37)47)14-18-34(32)41(39)44(2,3)38-24-30-10-6-7-11-31(30)25-40(38)45/h4-25H,1-3H3. The molecule has 1 aliphatic carbocycles. The van der Waals surface area contributed by atoms with Crippen molar-refractivity contribution in [2.45, 2.75) is 26.2 Å². The number of hydrogen-bond donors (Lipinski definition) is 0. The number of rotatable bonds is 2. The summed E-state index contributed by atoms with van der Waals surface area (Å²) in [5, 5.41) is 6.58. The molecule has 47 heavy (non-hydrogen) atoms. The molecule has 224 valence electrons. The first-order valence-electron chi connectivity index (χ1n) is 16.1. The molecule has 0 amide bonds. The predicted molar refractivity (Wildman–Crippen MR) is 194 cm³/mol. The van der Waals surface area contributed by atoms with Gasteiger partial charge in [0.15, 0.2) is 11.6 Å². The quantitative estimate of drug-likeness (QED) is 0.145. The van der Waals surface area contributed by atoms with Crippen LogP contribution in [0.2, 0.25) is 0 Å². The van der Waals surface area contributed by atoms with Gasteiger partial charge in [-0.05, 0) is 111 Å². The van der Waals surface area contributed by atoms with Crippen molar-refractivity contribution in [1.29, 1.82) is 0 Å². The van der Waals surface area contributed by atoms with Gasteiger partial charge in [0.25, 0.3) is 0 Å². The predicted octanol–water partition coefficient (Wildman–Crippen LogP) is 11.0. The van der Waals surface area contributed by atoms with Crippen LogP contribution in [0.4, 0.5) is 17.1 Å². The Morgan fingerprint density at radius 3 is 1.81 bits per heavy atom. The number of carbonyl (C=O) groups excluding carboxylic acids is 2. The Morgan fingerprint density at radius 2 is 1.17 bits per heavy atom. The van der Waals surface area contributed by atoms with Crippen LogP contribution in [-0.4, -0.2) is 11.6 Å². The number of hydrogen-bond acceptors (Lipinski definition) is 3. The minimum absolute atomic E-state index is 0.208. The van der Waals surface area contributed by atoms with Gasteiger partial charge in [0.2, 0.25) is 0 Å². The van der Waals surface area contributed by atoms with E-state index in [1.807, 2.05) is 42.5 Å². The minimum atomic E-state index is -0.295. The average molecular weight is 606 g/mol. The van der Waals surface area contributed by atoms with Crippen molar-refractivity contribution in [2.75, 3.05) is 4.90 Å². The molecule has 0 atom stereocenters. The molecule has 0 unspecified atom stereocenters. The van der Waals surface area contributed by atoms with Gasteiger partial charge in [0.05, 0.1) is 16.9 Å². The van der Waals surface area contributed by atoms with Crippen LogP contribution in [0.15, 0.2) is 133 Å². The Hall–Kier alpha value is -5.80. The molecule has 3 heteroatoms. The lowest BCUT2D eigenvalue weighted by molar-refractivity contribution is 0.0990. The molecule has 9 rings (SSSR count). The summed E-state index contributed by atoms with van der Waals surface area (Å²) in [5.41, 5.74) is 8.95. The second-order valence-electron chi connectivity index (χ2n) is 13.4. The zero-order chi connectivity index (χ0) is 32.0. The third kappa shape index (κ3) is 4.06.